The molecule has 0 bridgehead atoms. The Hall–Kier alpha value is -3.04. The molecule has 2 aliphatic heterocycles. The Morgan fingerprint density at radius 2 is 2.04 bits per heavy atom. The van der Waals surface area contributed by atoms with Crippen molar-refractivity contribution >= 4 is 29.3 Å². The van der Waals surface area contributed by atoms with Crippen LogP contribution in [0.3, 0.4) is 0 Å². The van der Waals surface area contributed by atoms with Crippen LogP contribution in [0.5, 0.6) is 0 Å². The van der Waals surface area contributed by atoms with E-state index >= 15 is 0 Å². The number of ether oxygens (including phenoxy) is 1. The minimum atomic E-state index is -0.551. The number of hydrogen-bond acceptors (Lipinski definition) is 5. The lowest BCUT2D eigenvalue weighted by molar-refractivity contribution is -0.119. The van der Waals surface area contributed by atoms with Crippen LogP contribution >= 0.6 is 0 Å². The zero-order valence-electron chi connectivity index (χ0n) is 15.5. The van der Waals surface area contributed by atoms with Crippen molar-refractivity contribution in [2.75, 3.05) is 36.0 Å². The highest BCUT2D eigenvalue weighted by Crippen LogP contribution is 2.49. The SMILES string of the molecule is CC(=O)NC[C@H]1CN(c2ccc(N3C[C@@H]4C(N=C(N)N)[C@@H]4C3)c(F)c2)C(=O)O1. The van der Waals surface area contributed by atoms with Gasteiger partial charge in [0, 0.05) is 31.8 Å². The summed E-state index contributed by atoms with van der Waals surface area (Å²) in [6.07, 6.45) is -1.01. The molecule has 4 atom stereocenters. The molecule has 3 fully saturated rings. The molecule has 9 nitrogen and oxygen atoms in total. The predicted molar refractivity (Wildman–Crippen MR) is 101 cm³/mol. The number of nitrogens with zero attached hydrogens (tertiary/aromatic N) is 3. The molecule has 2 heterocycles. The number of halogens is 1. The van der Waals surface area contributed by atoms with Crippen molar-refractivity contribution in [1.29, 1.82) is 0 Å². The molecule has 1 aliphatic carbocycles. The molecule has 2 saturated heterocycles. The highest BCUT2D eigenvalue weighted by molar-refractivity contribution is 5.90. The molecule has 1 saturated carbocycles. The van der Waals surface area contributed by atoms with Crippen LogP contribution in [0.25, 0.3) is 0 Å². The van der Waals surface area contributed by atoms with Crippen LogP contribution in [-0.2, 0) is 9.53 Å². The summed E-state index contributed by atoms with van der Waals surface area (Å²) in [7, 11) is 0. The number of fused-ring (bicyclic) bond motifs is 1. The predicted octanol–water partition coefficient (Wildman–Crippen LogP) is -0.00500. The Balaban J connectivity index is 1.40. The third kappa shape index (κ3) is 3.41. The van der Waals surface area contributed by atoms with Crippen molar-refractivity contribution in [2.24, 2.45) is 28.3 Å². The standard InChI is InChI=1S/C18H23FN6O3/c1-9(26)22-5-11-6-25(18(27)28-11)10-2-3-15(14(19)4-10)24-7-12-13(8-24)16(12)23-17(20)21/h2-4,11-13,16H,5-8H2,1H3,(H,22,26)(H4,20,21,23)/t11-,12-,13+,16?/m0/s1. The molecule has 1 unspecified atom stereocenters. The number of rotatable bonds is 5. The Labute approximate surface area is 161 Å². The van der Waals surface area contributed by atoms with E-state index in [4.69, 9.17) is 16.2 Å². The maximum atomic E-state index is 14.7. The van der Waals surface area contributed by atoms with Crippen molar-refractivity contribution in [3.63, 3.8) is 0 Å². The Bertz CT molecular complexity index is 831. The van der Waals surface area contributed by atoms with E-state index < -0.39 is 18.0 Å². The monoisotopic (exact) mass is 390 g/mol. The normalized spacial score (nSPS) is 28.0. The highest BCUT2D eigenvalue weighted by atomic mass is 19.1. The quantitative estimate of drug-likeness (QED) is 0.480. The van der Waals surface area contributed by atoms with Crippen molar-refractivity contribution in [3.05, 3.63) is 24.0 Å². The van der Waals surface area contributed by atoms with Gasteiger partial charge in [-0.3, -0.25) is 9.69 Å². The molecular formula is C18H23FN6O3. The fraction of sp³-hybridized carbons (Fsp3) is 0.500. The van der Waals surface area contributed by atoms with Gasteiger partial charge in [0.05, 0.1) is 30.5 Å². The second kappa shape index (κ2) is 6.84. The number of carbonyl (C=O) groups excluding carboxylic acids is 2. The number of carbonyl (C=O) groups is 2. The lowest BCUT2D eigenvalue weighted by Crippen LogP contribution is -2.33. The van der Waals surface area contributed by atoms with Crippen molar-refractivity contribution in [1.82, 2.24) is 5.32 Å². The first-order valence-electron chi connectivity index (χ1n) is 9.19. The number of hydrogen-bond donors (Lipinski definition) is 3. The molecule has 0 aromatic heterocycles. The van der Waals surface area contributed by atoms with E-state index in [1.807, 2.05) is 4.90 Å². The Morgan fingerprint density at radius 3 is 2.64 bits per heavy atom. The fourth-order valence-corrected chi connectivity index (χ4v) is 4.07. The summed E-state index contributed by atoms with van der Waals surface area (Å²) >= 11 is 0. The summed E-state index contributed by atoms with van der Waals surface area (Å²) in [6, 6.07) is 4.87. The van der Waals surface area contributed by atoms with E-state index in [1.54, 1.807) is 12.1 Å². The van der Waals surface area contributed by atoms with Crippen molar-refractivity contribution in [3.8, 4) is 0 Å². The molecule has 28 heavy (non-hydrogen) atoms. The maximum absolute atomic E-state index is 14.7. The van der Waals surface area contributed by atoms with E-state index in [0.717, 1.165) is 0 Å². The van der Waals surface area contributed by atoms with Gasteiger partial charge in [-0.05, 0) is 18.2 Å². The van der Waals surface area contributed by atoms with Gasteiger partial charge in [-0.1, -0.05) is 0 Å². The van der Waals surface area contributed by atoms with E-state index in [-0.39, 0.29) is 31.0 Å². The second-order valence-electron chi connectivity index (χ2n) is 7.47. The smallest absolute Gasteiger partial charge is 0.414 e. The molecule has 2 amide bonds. The zero-order chi connectivity index (χ0) is 20.0. The van der Waals surface area contributed by atoms with Crippen LogP contribution in [-0.4, -0.2) is 56.3 Å². The summed E-state index contributed by atoms with van der Waals surface area (Å²) in [5.41, 5.74) is 11.8. The molecule has 10 heteroatoms. The van der Waals surface area contributed by atoms with Crippen molar-refractivity contribution in [2.45, 2.75) is 19.1 Å². The molecule has 0 spiro atoms. The lowest BCUT2D eigenvalue weighted by Gasteiger charge is -2.23. The summed E-state index contributed by atoms with van der Waals surface area (Å²) in [5, 5.41) is 2.61. The van der Waals surface area contributed by atoms with Crippen LogP contribution < -0.4 is 26.6 Å². The number of cyclic esters (lactones) is 1. The summed E-state index contributed by atoms with van der Waals surface area (Å²) in [6.45, 7) is 3.28. The number of piperidine rings is 1. The number of amides is 2. The molecule has 0 radical (unpaired) electrons. The van der Waals surface area contributed by atoms with E-state index in [9.17, 15) is 14.0 Å². The van der Waals surface area contributed by atoms with Gasteiger partial charge >= 0.3 is 6.09 Å². The van der Waals surface area contributed by atoms with Crippen LogP contribution in [0, 0.1) is 17.7 Å². The average molecular weight is 390 g/mol. The van der Waals surface area contributed by atoms with Crippen molar-refractivity contribution < 1.29 is 18.7 Å². The summed E-state index contributed by atoms with van der Waals surface area (Å²) < 4.78 is 20.0. The van der Waals surface area contributed by atoms with Crippen LogP contribution in [0.1, 0.15) is 6.92 Å². The van der Waals surface area contributed by atoms with Gasteiger partial charge in [0.1, 0.15) is 11.9 Å². The van der Waals surface area contributed by atoms with Gasteiger partial charge in [-0.15, -0.1) is 0 Å². The molecular weight excluding hydrogens is 367 g/mol. The number of nitrogens with two attached hydrogens (primary N) is 2. The van der Waals surface area contributed by atoms with E-state index in [2.05, 4.69) is 10.3 Å². The minimum absolute atomic E-state index is 0.0933. The van der Waals surface area contributed by atoms with E-state index in [0.29, 0.717) is 36.3 Å². The first-order chi connectivity index (χ1) is 13.3. The topological polar surface area (TPSA) is 126 Å². The zero-order valence-corrected chi connectivity index (χ0v) is 15.5. The minimum Gasteiger partial charge on any atom is -0.442 e. The summed E-state index contributed by atoms with van der Waals surface area (Å²) in [5.74, 6) is 0.204. The molecule has 4 rings (SSSR count). The van der Waals surface area contributed by atoms with Gasteiger partial charge in [-0.2, -0.15) is 0 Å². The lowest BCUT2D eigenvalue weighted by atomic mass is 10.2. The average Bonchev–Trinajstić information content (AvgIpc) is 2.99. The largest absolute Gasteiger partial charge is 0.442 e. The summed E-state index contributed by atoms with van der Waals surface area (Å²) in [4.78, 5) is 30.6. The number of anilines is 2. The van der Waals surface area contributed by atoms with Crippen LogP contribution in [0.15, 0.2) is 23.2 Å². The van der Waals surface area contributed by atoms with E-state index in [1.165, 1.54) is 17.9 Å². The maximum Gasteiger partial charge on any atom is 0.414 e. The second-order valence-corrected chi connectivity index (χ2v) is 7.47. The Morgan fingerprint density at radius 1 is 1.32 bits per heavy atom. The van der Waals surface area contributed by atoms with Gasteiger partial charge in [0.15, 0.2) is 5.96 Å². The third-order valence-corrected chi connectivity index (χ3v) is 5.48. The molecule has 150 valence electrons. The molecule has 1 aromatic carbocycles. The van der Waals surface area contributed by atoms with Gasteiger partial charge in [-0.25, -0.2) is 14.2 Å². The highest BCUT2D eigenvalue weighted by Gasteiger charge is 2.56. The number of aliphatic imine (C=N–C) groups is 1. The first-order valence-corrected chi connectivity index (χ1v) is 9.19. The Kier molecular flexibility index (Phi) is 4.48. The number of benzene rings is 1. The van der Waals surface area contributed by atoms with Gasteiger partial charge < -0.3 is 26.4 Å². The first kappa shape index (κ1) is 18.3. The molecule has 5 N–H and O–H groups in total. The van der Waals surface area contributed by atoms with Gasteiger partial charge in [0.25, 0.3) is 0 Å². The van der Waals surface area contributed by atoms with Gasteiger partial charge in [0.2, 0.25) is 5.91 Å². The number of guanidine groups is 1. The fourth-order valence-electron chi connectivity index (χ4n) is 4.07. The third-order valence-electron chi connectivity index (χ3n) is 5.48. The molecule has 3 aliphatic rings. The number of nitrogens with one attached hydrogen (secondary N) is 1. The van der Waals surface area contributed by atoms with Crippen LogP contribution in [0.2, 0.25) is 0 Å². The van der Waals surface area contributed by atoms with Crippen LogP contribution in [0.4, 0.5) is 20.6 Å². The molecule has 1 aromatic rings.